The van der Waals surface area contributed by atoms with Crippen LogP contribution in [0.2, 0.25) is 0 Å². The summed E-state index contributed by atoms with van der Waals surface area (Å²) in [6.07, 6.45) is 0.346. The lowest BCUT2D eigenvalue weighted by atomic mass is 10.1. The van der Waals surface area contributed by atoms with Gasteiger partial charge in [0.15, 0.2) is 0 Å². The number of Topliss-reactive ketones (excluding diaryl/α,β-unsaturated/α-hetero) is 1. The molecule has 0 aliphatic heterocycles. The molecule has 90 valence electrons. The molecule has 2 N–H and O–H groups in total. The first kappa shape index (κ1) is 16.5. The zero-order valence-corrected chi connectivity index (χ0v) is 10.2. The van der Waals surface area contributed by atoms with E-state index in [1.165, 1.54) is 6.92 Å². The van der Waals surface area contributed by atoms with Crippen molar-refractivity contribution in [3.8, 4) is 0 Å². The molecule has 0 heterocycles. The number of rotatable bonds is 6. The van der Waals surface area contributed by atoms with E-state index in [-0.39, 0.29) is 18.2 Å². The number of aliphatic carboxylic acids is 1. The smallest absolute Gasteiger partial charge is 0.303 e. The summed E-state index contributed by atoms with van der Waals surface area (Å²) >= 11 is 0. The van der Waals surface area contributed by atoms with Crippen LogP contribution in [-0.2, 0) is 9.59 Å². The second kappa shape index (κ2) is 9.61. The van der Waals surface area contributed by atoms with Gasteiger partial charge < -0.3 is 5.11 Å². The highest BCUT2D eigenvalue weighted by atomic mass is 16.4. The number of carbonyl (C=O) groups is 2. The fourth-order valence-electron chi connectivity index (χ4n) is 1.09. The van der Waals surface area contributed by atoms with Crippen LogP contribution in [0.4, 0.5) is 0 Å². The fraction of sp³-hybridized carbons (Fsp3) is 0.800. The maximum absolute atomic E-state index is 11.1. The Bertz CT molecular complexity index is 195. The van der Waals surface area contributed by atoms with Gasteiger partial charge in [-0.3, -0.25) is 15.0 Å². The molecule has 15 heavy (non-hydrogen) atoms. The molecule has 0 bridgehead atoms. The first-order valence-corrected chi connectivity index (χ1v) is 5.11. The predicted octanol–water partition coefficient (Wildman–Crippen LogP) is 0.901. The topological polar surface area (TPSA) is 69.6 Å². The van der Waals surface area contributed by atoms with E-state index in [2.05, 4.69) is 5.43 Å². The van der Waals surface area contributed by atoms with Crippen molar-refractivity contribution in [3.05, 3.63) is 0 Å². The molecule has 0 aromatic heterocycles. The number of hydrogen-bond acceptors (Lipinski definition) is 4. The molecule has 0 aromatic rings. The molecule has 1 atom stereocenters. The van der Waals surface area contributed by atoms with E-state index in [4.69, 9.17) is 5.11 Å². The van der Waals surface area contributed by atoms with Crippen LogP contribution in [-0.4, -0.2) is 42.0 Å². The largest absolute Gasteiger partial charge is 0.481 e. The van der Waals surface area contributed by atoms with Crippen molar-refractivity contribution in [2.24, 2.45) is 0 Å². The first-order chi connectivity index (χ1) is 6.99. The van der Waals surface area contributed by atoms with Crippen molar-refractivity contribution >= 4 is 11.8 Å². The van der Waals surface area contributed by atoms with Crippen LogP contribution in [0.3, 0.4) is 0 Å². The molecule has 0 rings (SSSR count). The van der Waals surface area contributed by atoms with Crippen LogP contribution in [0, 0.1) is 0 Å². The normalized spacial score (nSPS) is 11.6. The van der Waals surface area contributed by atoms with E-state index in [1.54, 1.807) is 19.1 Å². The average molecular weight is 218 g/mol. The van der Waals surface area contributed by atoms with Gasteiger partial charge in [0.25, 0.3) is 0 Å². The number of likely N-dealkylation sites (N-methyl/N-ethyl adjacent to an activating group) is 1. The molecular formula is C10H22N2O3. The van der Waals surface area contributed by atoms with Gasteiger partial charge in [0.05, 0.1) is 6.04 Å². The van der Waals surface area contributed by atoms with E-state index < -0.39 is 5.97 Å². The summed E-state index contributed by atoms with van der Waals surface area (Å²) in [6, 6.07) is -0.360. The Balaban J connectivity index is 0. The molecular weight excluding hydrogens is 196 g/mol. The van der Waals surface area contributed by atoms with E-state index in [0.717, 1.165) is 0 Å². The highest BCUT2D eigenvalue weighted by molar-refractivity contribution is 5.82. The SMILES string of the molecule is CC.CNN(C)C(CCC(=O)O)C(C)=O. The van der Waals surface area contributed by atoms with Crippen LogP contribution >= 0.6 is 0 Å². The highest BCUT2D eigenvalue weighted by Gasteiger charge is 2.19. The summed E-state index contributed by atoms with van der Waals surface area (Å²) < 4.78 is 0. The van der Waals surface area contributed by atoms with Gasteiger partial charge in [0.1, 0.15) is 5.78 Å². The van der Waals surface area contributed by atoms with E-state index in [9.17, 15) is 9.59 Å². The molecule has 5 heteroatoms. The second-order valence-corrected chi connectivity index (χ2v) is 2.89. The Morgan fingerprint density at radius 2 is 1.87 bits per heavy atom. The first-order valence-electron chi connectivity index (χ1n) is 5.11. The third-order valence-electron chi connectivity index (χ3n) is 1.92. The van der Waals surface area contributed by atoms with Crippen LogP contribution < -0.4 is 5.43 Å². The molecule has 0 saturated carbocycles. The van der Waals surface area contributed by atoms with Gasteiger partial charge in [-0.05, 0) is 20.4 Å². The minimum Gasteiger partial charge on any atom is -0.481 e. The lowest BCUT2D eigenvalue weighted by molar-refractivity contribution is -0.137. The molecule has 0 spiro atoms. The summed E-state index contributed by atoms with van der Waals surface area (Å²) in [6.45, 7) is 5.46. The lowest BCUT2D eigenvalue weighted by Crippen LogP contribution is -2.44. The summed E-state index contributed by atoms with van der Waals surface area (Å²) in [5.74, 6) is -0.908. The Morgan fingerprint density at radius 3 is 2.13 bits per heavy atom. The molecule has 0 aliphatic rings. The summed E-state index contributed by atoms with van der Waals surface area (Å²) in [4.78, 5) is 21.4. The van der Waals surface area contributed by atoms with Gasteiger partial charge in [-0.2, -0.15) is 0 Å². The summed E-state index contributed by atoms with van der Waals surface area (Å²) in [5.41, 5.74) is 2.79. The van der Waals surface area contributed by atoms with Gasteiger partial charge >= 0.3 is 5.97 Å². The fourth-order valence-corrected chi connectivity index (χ4v) is 1.09. The number of hydrogen-bond donors (Lipinski definition) is 2. The number of hydrazine groups is 1. The lowest BCUT2D eigenvalue weighted by Gasteiger charge is -2.24. The van der Waals surface area contributed by atoms with E-state index >= 15 is 0 Å². The van der Waals surface area contributed by atoms with Gasteiger partial charge in [-0.1, -0.05) is 13.8 Å². The molecule has 1 unspecified atom stereocenters. The molecule has 5 nitrogen and oxygen atoms in total. The molecule has 0 aromatic carbocycles. The number of nitrogens with one attached hydrogen (secondary N) is 1. The van der Waals surface area contributed by atoms with Crippen molar-refractivity contribution < 1.29 is 14.7 Å². The van der Waals surface area contributed by atoms with Crippen LogP contribution in [0.5, 0.6) is 0 Å². The highest BCUT2D eigenvalue weighted by Crippen LogP contribution is 2.04. The van der Waals surface area contributed by atoms with Gasteiger partial charge in [0, 0.05) is 13.5 Å². The molecule has 0 radical (unpaired) electrons. The zero-order chi connectivity index (χ0) is 12.4. The third kappa shape index (κ3) is 8.08. The standard InChI is InChI=1S/C8H16N2O3.C2H6/c1-6(11)7(10(3)9-2)4-5-8(12)13;1-2/h7,9H,4-5H2,1-3H3,(H,12,13);1-2H3. The minimum absolute atomic E-state index is 0.0102. The predicted molar refractivity (Wildman–Crippen MR) is 59.5 cm³/mol. The third-order valence-corrected chi connectivity index (χ3v) is 1.92. The Labute approximate surface area is 91.4 Å². The number of carboxylic acids is 1. The van der Waals surface area contributed by atoms with Crippen molar-refractivity contribution in [3.63, 3.8) is 0 Å². The van der Waals surface area contributed by atoms with Crippen molar-refractivity contribution in [2.75, 3.05) is 14.1 Å². The van der Waals surface area contributed by atoms with Crippen LogP contribution in [0.15, 0.2) is 0 Å². The monoisotopic (exact) mass is 218 g/mol. The second-order valence-electron chi connectivity index (χ2n) is 2.89. The quantitative estimate of drug-likeness (QED) is 0.648. The summed E-state index contributed by atoms with van der Waals surface area (Å²) in [5, 5.41) is 10.1. The Hall–Kier alpha value is -0.940. The maximum Gasteiger partial charge on any atom is 0.303 e. The zero-order valence-electron chi connectivity index (χ0n) is 10.2. The number of nitrogens with zero attached hydrogens (tertiary/aromatic N) is 1. The Kier molecular flexibility index (Phi) is 10.6. The van der Waals surface area contributed by atoms with Gasteiger partial charge in [-0.25, -0.2) is 5.01 Å². The van der Waals surface area contributed by atoms with Gasteiger partial charge in [0.2, 0.25) is 0 Å². The number of ketones is 1. The minimum atomic E-state index is -0.879. The molecule has 0 aliphatic carbocycles. The van der Waals surface area contributed by atoms with E-state index in [0.29, 0.717) is 6.42 Å². The summed E-state index contributed by atoms with van der Waals surface area (Å²) in [7, 11) is 3.41. The molecule has 0 fully saturated rings. The van der Waals surface area contributed by atoms with Crippen LogP contribution in [0.1, 0.15) is 33.6 Å². The maximum atomic E-state index is 11.1. The van der Waals surface area contributed by atoms with Gasteiger partial charge in [-0.15, -0.1) is 0 Å². The average Bonchev–Trinajstić information content (AvgIpc) is 2.19. The number of carboxylic acid groups (broad SMARTS) is 1. The number of carbonyl (C=O) groups excluding carboxylic acids is 1. The molecule has 0 saturated heterocycles. The van der Waals surface area contributed by atoms with E-state index in [1.807, 2.05) is 13.8 Å². The van der Waals surface area contributed by atoms with Crippen molar-refractivity contribution in [1.29, 1.82) is 0 Å². The Morgan fingerprint density at radius 1 is 1.40 bits per heavy atom. The molecule has 0 amide bonds. The van der Waals surface area contributed by atoms with Crippen molar-refractivity contribution in [1.82, 2.24) is 10.4 Å². The van der Waals surface area contributed by atoms with Crippen molar-refractivity contribution in [2.45, 2.75) is 39.7 Å². The van der Waals surface area contributed by atoms with Crippen LogP contribution in [0.25, 0.3) is 0 Å².